The van der Waals surface area contributed by atoms with Gasteiger partial charge in [0.25, 0.3) is 0 Å². The zero-order valence-electron chi connectivity index (χ0n) is 14.5. The highest BCUT2D eigenvalue weighted by Gasteiger charge is 2.10. The van der Waals surface area contributed by atoms with Crippen LogP contribution in [0.5, 0.6) is 0 Å². The number of rotatable bonds is 3. The largest absolute Gasteiger partial charge is 0.318 e. The van der Waals surface area contributed by atoms with Gasteiger partial charge in [0.05, 0.1) is 5.69 Å². The van der Waals surface area contributed by atoms with Crippen LogP contribution in [0, 0.1) is 31.3 Å². The highest BCUT2D eigenvalue weighted by molar-refractivity contribution is 14.1. The molecule has 0 bridgehead atoms. The van der Waals surface area contributed by atoms with Gasteiger partial charge < -0.3 is 4.57 Å². The molecule has 3 rings (SSSR count). The first kappa shape index (κ1) is 17.0. The molecule has 1 heterocycles. The smallest absolute Gasteiger partial charge is 0.0632 e. The molecule has 2 nitrogen and oxygen atoms in total. The van der Waals surface area contributed by atoms with Gasteiger partial charge in [0.15, 0.2) is 0 Å². The molecule has 0 aliphatic rings. The van der Waals surface area contributed by atoms with Gasteiger partial charge in [-0.15, -0.1) is 0 Å². The lowest BCUT2D eigenvalue weighted by Crippen LogP contribution is -2.00. The van der Waals surface area contributed by atoms with E-state index in [1.165, 1.54) is 31.8 Å². The Morgan fingerprint density at radius 2 is 1.75 bits per heavy atom. The normalized spacial score (nSPS) is 11.4. The summed E-state index contributed by atoms with van der Waals surface area (Å²) in [6, 6.07) is 17.0. The van der Waals surface area contributed by atoms with Gasteiger partial charge in [0.2, 0.25) is 0 Å². The van der Waals surface area contributed by atoms with E-state index in [2.05, 4.69) is 96.2 Å². The van der Waals surface area contributed by atoms with Gasteiger partial charge in [-0.05, 0) is 97.8 Å². The van der Waals surface area contributed by atoms with Crippen LogP contribution < -0.4 is 0 Å². The van der Waals surface area contributed by atoms with E-state index < -0.39 is 0 Å². The molecule has 0 spiro atoms. The Bertz CT molecular complexity index is 920. The maximum atomic E-state index is 4.64. The van der Waals surface area contributed by atoms with Crippen LogP contribution in [-0.2, 0) is 0 Å². The second-order valence-corrected chi connectivity index (χ2v) is 7.35. The third kappa shape index (κ3) is 3.46. The molecule has 3 aromatic rings. The molecule has 0 aliphatic heterocycles. The van der Waals surface area contributed by atoms with Crippen molar-refractivity contribution in [1.29, 1.82) is 0 Å². The average Bonchev–Trinajstić information content (AvgIpc) is 2.82. The van der Waals surface area contributed by atoms with Crippen molar-refractivity contribution in [1.82, 2.24) is 4.57 Å². The molecule has 1 aromatic heterocycles. The predicted molar refractivity (Wildman–Crippen MR) is 111 cm³/mol. The Balaban J connectivity index is 1.98. The van der Waals surface area contributed by atoms with Gasteiger partial charge in [-0.3, -0.25) is 4.99 Å². The number of nitrogens with zero attached hydrogens (tertiary/aromatic N) is 2. The fourth-order valence-electron chi connectivity index (χ4n) is 2.94. The minimum Gasteiger partial charge on any atom is -0.318 e. The summed E-state index contributed by atoms with van der Waals surface area (Å²) in [5.41, 5.74) is 8.32. The summed E-state index contributed by atoms with van der Waals surface area (Å²) in [5.74, 6) is 0. The average molecular weight is 428 g/mol. The number of aryl methyl sites for hydroxylation is 3. The van der Waals surface area contributed by atoms with Crippen LogP contribution in [0.2, 0.25) is 0 Å². The Morgan fingerprint density at radius 1 is 0.958 bits per heavy atom. The number of halogens is 1. The van der Waals surface area contributed by atoms with Gasteiger partial charge in [-0.25, -0.2) is 0 Å². The second-order valence-electron chi connectivity index (χ2n) is 6.19. The zero-order valence-corrected chi connectivity index (χ0v) is 16.6. The van der Waals surface area contributed by atoms with E-state index in [0.29, 0.717) is 0 Å². The summed E-state index contributed by atoms with van der Waals surface area (Å²) in [4.78, 5) is 4.64. The summed E-state index contributed by atoms with van der Waals surface area (Å²) < 4.78 is 3.58. The molecule has 0 atom stereocenters. The number of benzene rings is 2. The van der Waals surface area contributed by atoms with Crippen LogP contribution in [-0.4, -0.2) is 10.8 Å². The summed E-state index contributed by atoms with van der Waals surface area (Å²) in [6.45, 7) is 8.53. The maximum absolute atomic E-state index is 4.64. The summed E-state index contributed by atoms with van der Waals surface area (Å²) in [6.07, 6.45) is 1.97. The Hall–Kier alpha value is -1.88. The second kappa shape index (κ2) is 6.93. The number of hydrogen-bond donors (Lipinski definition) is 0. The third-order valence-electron chi connectivity index (χ3n) is 4.22. The minimum atomic E-state index is 0.991. The van der Waals surface area contributed by atoms with E-state index in [0.717, 1.165) is 11.3 Å². The molecule has 0 saturated carbocycles. The molecule has 0 fully saturated rings. The number of aromatic nitrogens is 1. The first-order valence-corrected chi connectivity index (χ1v) is 9.10. The molecule has 0 aliphatic carbocycles. The lowest BCUT2D eigenvalue weighted by Gasteiger charge is -2.11. The topological polar surface area (TPSA) is 17.3 Å². The lowest BCUT2D eigenvalue weighted by molar-refractivity contribution is 0.962. The molecular weight excluding hydrogens is 407 g/mol. The van der Waals surface area contributed by atoms with Gasteiger partial charge >= 0.3 is 0 Å². The highest BCUT2D eigenvalue weighted by Crippen LogP contribution is 2.23. The van der Waals surface area contributed by atoms with Crippen molar-refractivity contribution in [2.75, 3.05) is 0 Å². The van der Waals surface area contributed by atoms with Crippen LogP contribution in [0.3, 0.4) is 0 Å². The number of hydrogen-bond acceptors (Lipinski definition) is 1. The van der Waals surface area contributed by atoms with Crippen molar-refractivity contribution in [3.63, 3.8) is 0 Å². The van der Waals surface area contributed by atoms with Gasteiger partial charge in [-0.2, -0.15) is 0 Å². The van der Waals surface area contributed by atoms with E-state index in [1.54, 1.807) is 0 Å². The number of aliphatic imine (C=N–C) groups is 1. The van der Waals surface area contributed by atoms with Crippen LogP contribution in [0.15, 0.2) is 53.5 Å². The first-order chi connectivity index (χ1) is 11.5. The van der Waals surface area contributed by atoms with Crippen molar-refractivity contribution >= 4 is 34.5 Å². The van der Waals surface area contributed by atoms with Crippen LogP contribution in [0.25, 0.3) is 5.69 Å². The minimum absolute atomic E-state index is 0.991. The molecule has 0 unspecified atom stereocenters. The lowest BCUT2D eigenvalue weighted by atomic mass is 10.2. The van der Waals surface area contributed by atoms with E-state index >= 15 is 0 Å². The Kier molecular flexibility index (Phi) is 4.90. The van der Waals surface area contributed by atoms with Crippen molar-refractivity contribution in [2.24, 2.45) is 4.99 Å². The highest BCUT2D eigenvalue weighted by atomic mass is 127. The SMILES string of the molecule is Cc1cccc(N=Cc2cc(C)n(-c3ccc(I)c(C)c3)c2C)c1. The van der Waals surface area contributed by atoms with Crippen molar-refractivity contribution in [3.05, 3.63) is 80.2 Å². The molecule has 3 heteroatoms. The van der Waals surface area contributed by atoms with Gasteiger partial charge in [0.1, 0.15) is 0 Å². The molecular formula is C21H21IN2. The van der Waals surface area contributed by atoms with Gasteiger partial charge in [-0.1, -0.05) is 12.1 Å². The molecule has 122 valence electrons. The van der Waals surface area contributed by atoms with Crippen LogP contribution in [0.4, 0.5) is 5.69 Å². The standard InChI is InChI=1S/C21H21IN2/c1-14-6-5-7-19(10-14)23-13-18-12-16(3)24(17(18)4)20-8-9-21(22)15(2)11-20/h5-13H,1-4H3. The molecule has 0 saturated heterocycles. The Morgan fingerprint density at radius 3 is 2.46 bits per heavy atom. The summed E-state index contributed by atoms with van der Waals surface area (Å²) in [5, 5.41) is 0. The van der Waals surface area contributed by atoms with E-state index in [9.17, 15) is 0 Å². The fourth-order valence-corrected chi connectivity index (χ4v) is 3.27. The van der Waals surface area contributed by atoms with Crippen molar-refractivity contribution in [3.8, 4) is 5.69 Å². The van der Waals surface area contributed by atoms with Crippen molar-refractivity contribution < 1.29 is 0 Å². The summed E-state index contributed by atoms with van der Waals surface area (Å²) >= 11 is 2.37. The first-order valence-electron chi connectivity index (χ1n) is 8.02. The maximum Gasteiger partial charge on any atom is 0.0632 e. The van der Waals surface area contributed by atoms with E-state index in [-0.39, 0.29) is 0 Å². The van der Waals surface area contributed by atoms with Crippen LogP contribution >= 0.6 is 22.6 Å². The van der Waals surface area contributed by atoms with E-state index in [1.807, 2.05) is 18.3 Å². The molecule has 24 heavy (non-hydrogen) atoms. The third-order valence-corrected chi connectivity index (χ3v) is 5.43. The molecule has 0 N–H and O–H groups in total. The molecule has 2 aromatic carbocycles. The van der Waals surface area contributed by atoms with E-state index in [4.69, 9.17) is 0 Å². The fraction of sp³-hybridized carbons (Fsp3) is 0.190. The molecule has 0 radical (unpaired) electrons. The van der Waals surface area contributed by atoms with Crippen LogP contribution in [0.1, 0.15) is 28.1 Å². The monoisotopic (exact) mass is 428 g/mol. The predicted octanol–water partition coefficient (Wildman–Crippen LogP) is 6.07. The Labute approximate surface area is 157 Å². The van der Waals surface area contributed by atoms with Gasteiger partial charge in [0, 0.05) is 32.4 Å². The zero-order chi connectivity index (χ0) is 17.3. The quantitative estimate of drug-likeness (QED) is 0.356. The summed E-state index contributed by atoms with van der Waals surface area (Å²) in [7, 11) is 0. The van der Waals surface area contributed by atoms with Crippen molar-refractivity contribution in [2.45, 2.75) is 27.7 Å². The molecule has 0 amide bonds.